The zero-order chi connectivity index (χ0) is 46.7. The molecule has 25 nitrogen and oxygen atoms in total. The van der Waals surface area contributed by atoms with Crippen molar-refractivity contribution in [3.8, 4) is 23.0 Å². The normalized spacial score (nSPS) is 40.6. The first-order valence-corrected chi connectivity index (χ1v) is 19.8. The number of aromatic hydroxyl groups is 2. The minimum absolute atomic E-state index is 0.193. The maximum absolute atomic E-state index is 13.2. The third kappa shape index (κ3) is 10.4. The molecule has 4 fully saturated rings. The largest absolute Gasteiger partial charge is 0.507 e. The second-order valence-corrected chi connectivity index (χ2v) is 15.3. The van der Waals surface area contributed by atoms with Crippen LogP contribution < -0.4 is 9.47 Å². The molecule has 25 heteroatoms. The highest BCUT2D eigenvalue weighted by Crippen LogP contribution is 2.36. The average Bonchev–Trinajstić information content (AvgIpc) is 3.28. The van der Waals surface area contributed by atoms with Crippen LogP contribution in [0, 0.1) is 0 Å². The summed E-state index contributed by atoms with van der Waals surface area (Å²) in [5.41, 5.74) is -0.0479. The number of carbonyl (C=O) groups is 1. The number of aliphatic hydroxyl groups is 14. The van der Waals surface area contributed by atoms with Crippen molar-refractivity contribution in [3.63, 3.8) is 0 Å². The third-order valence-corrected chi connectivity index (χ3v) is 11.1. The number of carbonyl (C=O) groups excluding carboxylic acids is 1. The summed E-state index contributed by atoms with van der Waals surface area (Å²) in [6.07, 6.45) is -32.2. The molecule has 0 aliphatic carbocycles. The molecule has 4 aliphatic rings. The fourth-order valence-electron chi connectivity index (χ4n) is 7.31. The van der Waals surface area contributed by atoms with Gasteiger partial charge in [-0.25, -0.2) is 0 Å². The first-order valence-electron chi connectivity index (χ1n) is 19.8. The molecule has 20 atom stereocenters. The van der Waals surface area contributed by atoms with Gasteiger partial charge in [0.2, 0.25) is 12.6 Å². The molecule has 2 aromatic rings. The number of phenolic OH excluding ortho intramolecular Hbond substituents is 2. The summed E-state index contributed by atoms with van der Waals surface area (Å²) in [7, 11) is 0. The highest BCUT2D eigenvalue weighted by Gasteiger charge is 2.53. The maximum atomic E-state index is 13.2. The number of phenols is 2. The molecule has 16 N–H and O–H groups in total. The maximum Gasteiger partial charge on any atom is 0.229 e. The van der Waals surface area contributed by atoms with Gasteiger partial charge < -0.3 is 120 Å². The molecule has 4 aliphatic heterocycles. The highest BCUT2D eigenvalue weighted by atomic mass is 16.8. The number of rotatable bonds is 15. The van der Waals surface area contributed by atoms with Gasteiger partial charge in [0.05, 0.1) is 32.0 Å². The van der Waals surface area contributed by atoms with Crippen LogP contribution in [0.25, 0.3) is 6.08 Å². The third-order valence-electron chi connectivity index (χ3n) is 11.1. The van der Waals surface area contributed by atoms with E-state index in [2.05, 4.69) is 0 Å². The zero-order valence-electron chi connectivity index (χ0n) is 33.3. The van der Waals surface area contributed by atoms with Gasteiger partial charge in [0.15, 0.2) is 42.1 Å². The first-order chi connectivity index (χ1) is 30.4. The van der Waals surface area contributed by atoms with Crippen LogP contribution >= 0.6 is 0 Å². The molecule has 0 amide bonds. The van der Waals surface area contributed by atoms with Gasteiger partial charge in [0.25, 0.3) is 0 Å². The molecular weight excluding hydrogens is 868 g/mol. The first kappa shape index (κ1) is 49.7. The minimum Gasteiger partial charge on any atom is -0.507 e. The number of ketones is 1. The summed E-state index contributed by atoms with van der Waals surface area (Å²) in [4.78, 5) is 13.2. The van der Waals surface area contributed by atoms with Crippen molar-refractivity contribution in [2.75, 3.05) is 26.4 Å². The lowest BCUT2D eigenvalue weighted by atomic mass is 9.97. The Morgan fingerprint density at radius 2 is 0.938 bits per heavy atom. The predicted octanol–water partition coefficient (Wildman–Crippen LogP) is -7.00. The van der Waals surface area contributed by atoms with Gasteiger partial charge in [0, 0.05) is 6.07 Å². The summed E-state index contributed by atoms with van der Waals surface area (Å²) in [5, 5.41) is 164. The molecule has 0 bridgehead atoms. The molecule has 358 valence electrons. The highest BCUT2D eigenvalue weighted by molar-refractivity contribution is 6.08. The smallest absolute Gasteiger partial charge is 0.229 e. The van der Waals surface area contributed by atoms with E-state index in [0.717, 1.165) is 24.3 Å². The monoisotopic (exact) mass is 920 g/mol. The van der Waals surface area contributed by atoms with Gasteiger partial charge in [-0.2, -0.15) is 0 Å². The lowest BCUT2D eigenvalue weighted by molar-refractivity contribution is -0.358. The summed E-state index contributed by atoms with van der Waals surface area (Å²) in [6.45, 7) is -3.21. The van der Waals surface area contributed by atoms with Crippen LogP contribution in [0.1, 0.15) is 15.9 Å². The van der Waals surface area contributed by atoms with Crippen LogP contribution in [-0.4, -0.2) is 237 Å². The van der Waals surface area contributed by atoms with E-state index in [9.17, 15) is 86.5 Å². The van der Waals surface area contributed by atoms with Gasteiger partial charge in [-0.1, -0.05) is 12.1 Å². The van der Waals surface area contributed by atoms with E-state index in [-0.39, 0.29) is 22.6 Å². The number of benzene rings is 2. The number of hydrogen-bond acceptors (Lipinski definition) is 25. The van der Waals surface area contributed by atoms with Crippen molar-refractivity contribution < 1.29 is 124 Å². The minimum atomic E-state index is -1.92. The van der Waals surface area contributed by atoms with E-state index < -0.39 is 167 Å². The standard InChI is InChI=1S/C39H52O25/c40-9-20-24(47)28(51)32(55)36(59-20)63-34-30(53)26(49)22(11-42)61-38(34)57-14-3-4-15(17(45)8-14)16(44)5-1-13-2-6-19(18(46)7-13)58-39-35(31(54)27(50)23(12-43)62-39)64-37-33(56)29(52)25(48)21(10-41)60-37/h1-8,20-43,45-56H,9-12H2/b5-1+/t20-,21-,22-,23-,24-,25-,26-,27-,28+,29+,30+,31+,32-,33-,34-,35-,36+,37+,38-,39-/m1/s1. The van der Waals surface area contributed by atoms with Crippen LogP contribution in [-0.2, 0) is 28.4 Å². The molecule has 0 spiro atoms. The Bertz CT molecular complexity index is 1880. The quantitative estimate of drug-likeness (QED) is 0.0583. The van der Waals surface area contributed by atoms with Crippen LogP contribution in [0.15, 0.2) is 42.5 Å². The van der Waals surface area contributed by atoms with E-state index in [4.69, 9.17) is 37.9 Å². The lowest BCUT2D eigenvalue weighted by Gasteiger charge is -2.45. The molecule has 0 radical (unpaired) electrons. The van der Waals surface area contributed by atoms with E-state index in [1.165, 1.54) is 24.3 Å². The Morgan fingerprint density at radius 1 is 0.500 bits per heavy atom. The van der Waals surface area contributed by atoms with Gasteiger partial charge in [0.1, 0.15) is 97.0 Å². The van der Waals surface area contributed by atoms with Gasteiger partial charge in [-0.05, 0) is 35.9 Å². The predicted molar refractivity (Wildman–Crippen MR) is 204 cm³/mol. The fourth-order valence-corrected chi connectivity index (χ4v) is 7.31. The van der Waals surface area contributed by atoms with E-state index in [0.29, 0.717) is 0 Å². The topological polar surface area (TPSA) is 415 Å². The number of hydrogen-bond donors (Lipinski definition) is 16. The second-order valence-electron chi connectivity index (χ2n) is 15.3. The van der Waals surface area contributed by atoms with E-state index >= 15 is 0 Å². The van der Waals surface area contributed by atoms with Crippen molar-refractivity contribution in [2.24, 2.45) is 0 Å². The Balaban J connectivity index is 1.13. The summed E-state index contributed by atoms with van der Waals surface area (Å²) in [6, 6.07) is 7.04. The van der Waals surface area contributed by atoms with Crippen molar-refractivity contribution in [2.45, 2.75) is 123 Å². The molecule has 0 saturated carbocycles. The van der Waals surface area contributed by atoms with Crippen LogP contribution in [0.2, 0.25) is 0 Å². The Labute approximate surface area is 361 Å². The molecule has 64 heavy (non-hydrogen) atoms. The fraction of sp³-hybridized carbons (Fsp3) is 0.615. The molecular formula is C39H52O25. The van der Waals surface area contributed by atoms with Gasteiger partial charge >= 0.3 is 0 Å². The Kier molecular flexibility index (Phi) is 16.5. The molecule has 4 saturated heterocycles. The van der Waals surface area contributed by atoms with Crippen LogP contribution in [0.4, 0.5) is 0 Å². The van der Waals surface area contributed by atoms with E-state index in [1.54, 1.807) is 0 Å². The Hall–Kier alpha value is -3.75. The van der Waals surface area contributed by atoms with Crippen molar-refractivity contribution in [1.82, 2.24) is 0 Å². The molecule has 6 rings (SSSR count). The Morgan fingerprint density at radius 3 is 1.38 bits per heavy atom. The van der Waals surface area contributed by atoms with Crippen LogP contribution in [0.5, 0.6) is 23.0 Å². The van der Waals surface area contributed by atoms with Gasteiger partial charge in [-0.15, -0.1) is 0 Å². The summed E-state index contributed by atoms with van der Waals surface area (Å²) < 4.78 is 44.5. The van der Waals surface area contributed by atoms with Gasteiger partial charge in [-0.3, -0.25) is 4.79 Å². The number of aliphatic hydroxyl groups excluding tert-OH is 14. The number of allylic oxidation sites excluding steroid dienone is 1. The SMILES string of the molecule is O=C(/C=C/c1ccc(O[C@@H]2O[C@H](CO)[C@@H](O)[C@H](O)[C@H]2O[C@@H]2O[C@H](CO)[C@@H](O)[C@H](O)[C@H]2O)c(O)c1)c1ccc(O[C@@H]2O[C@H](CO)[C@@H](O)[C@H](O)[C@H]2O[C@@H]2O[C@H](CO)[C@@H](O)[C@H](O)[C@H]2O)cc1O. The van der Waals surface area contributed by atoms with E-state index in [1.807, 2.05) is 0 Å². The molecule has 0 unspecified atom stereocenters. The second kappa shape index (κ2) is 21.3. The average molecular weight is 921 g/mol. The summed E-state index contributed by atoms with van der Waals surface area (Å²) >= 11 is 0. The molecule has 0 aromatic heterocycles. The zero-order valence-corrected chi connectivity index (χ0v) is 33.3. The van der Waals surface area contributed by atoms with Crippen molar-refractivity contribution in [3.05, 3.63) is 53.6 Å². The molecule has 4 heterocycles. The lowest BCUT2D eigenvalue weighted by Crippen LogP contribution is -2.65. The van der Waals surface area contributed by atoms with Crippen molar-refractivity contribution >= 4 is 11.9 Å². The summed E-state index contributed by atoms with van der Waals surface area (Å²) in [5.74, 6) is -2.44. The van der Waals surface area contributed by atoms with Crippen LogP contribution in [0.3, 0.4) is 0 Å². The molecule has 2 aromatic carbocycles. The van der Waals surface area contributed by atoms with Crippen molar-refractivity contribution in [1.29, 1.82) is 0 Å². The number of ether oxygens (including phenoxy) is 8.